The molecular weight excluding hydrogens is 508 g/mol. The van der Waals surface area contributed by atoms with Crippen LogP contribution in [0, 0.1) is 0 Å². The van der Waals surface area contributed by atoms with Crippen molar-refractivity contribution >= 4 is 50.7 Å². The van der Waals surface area contributed by atoms with Crippen molar-refractivity contribution in [1.29, 1.82) is 0 Å². The average molecular weight is 532 g/mol. The molecule has 1 unspecified atom stereocenters. The van der Waals surface area contributed by atoms with E-state index in [2.05, 4.69) is 27.4 Å². The van der Waals surface area contributed by atoms with Crippen LogP contribution in [0.1, 0.15) is 46.3 Å². The van der Waals surface area contributed by atoms with Crippen LogP contribution in [0.4, 0.5) is 0 Å². The molecule has 2 heterocycles. The standard InChI is InChI=1S/C25H24BrClN2O2S/c1-16(2)29(25(31)18-4-3-5-19(26)14-18)15-23(30)28-12-10-22-21(11-13-32-22)24(28)17-6-8-20(27)9-7-17/h3-9,11,13-14,16,24H,10,12,15H2,1-2H3. The Hall–Kier alpha value is -2.15. The van der Waals surface area contributed by atoms with Gasteiger partial charge in [-0.2, -0.15) is 0 Å². The first-order valence-corrected chi connectivity index (χ1v) is 12.6. The fourth-order valence-electron chi connectivity index (χ4n) is 4.10. The predicted molar refractivity (Wildman–Crippen MR) is 133 cm³/mol. The van der Waals surface area contributed by atoms with Crippen LogP contribution in [0.3, 0.4) is 0 Å². The number of nitrogens with zero attached hydrogens (tertiary/aromatic N) is 2. The minimum Gasteiger partial charge on any atom is -0.330 e. The highest BCUT2D eigenvalue weighted by atomic mass is 79.9. The van der Waals surface area contributed by atoms with Crippen molar-refractivity contribution in [2.24, 2.45) is 0 Å². The van der Waals surface area contributed by atoms with Crippen molar-refractivity contribution < 1.29 is 9.59 Å². The summed E-state index contributed by atoms with van der Waals surface area (Å²) in [5, 5.41) is 2.75. The number of benzene rings is 2. The second-order valence-electron chi connectivity index (χ2n) is 8.13. The quantitative estimate of drug-likeness (QED) is 0.394. The third-order valence-electron chi connectivity index (χ3n) is 5.73. The summed E-state index contributed by atoms with van der Waals surface area (Å²) in [4.78, 5) is 31.7. The van der Waals surface area contributed by atoms with E-state index in [9.17, 15) is 9.59 Å². The number of carbonyl (C=O) groups excluding carboxylic acids is 2. The van der Waals surface area contributed by atoms with Gasteiger partial charge in [-0.15, -0.1) is 11.3 Å². The molecule has 0 N–H and O–H groups in total. The van der Waals surface area contributed by atoms with Crippen LogP contribution in [-0.4, -0.2) is 40.7 Å². The van der Waals surface area contributed by atoms with Gasteiger partial charge >= 0.3 is 0 Å². The van der Waals surface area contributed by atoms with Crippen LogP contribution in [-0.2, 0) is 11.2 Å². The maximum absolute atomic E-state index is 13.6. The Labute approximate surface area is 205 Å². The lowest BCUT2D eigenvalue weighted by atomic mass is 9.93. The number of halogens is 2. The van der Waals surface area contributed by atoms with Crippen molar-refractivity contribution in [3.63, 3.8) is 0 Å². The second kappa shape index (κ2) is 9.77. The lowest BCUT2D eigenvalue weighted by Gasteiger charge is -2.38. The van der Waals surface area contributed by atoms with E-state index < -0.39 is 0 Å². The molecule has 0 radical (unpaired) electrons. The predicted octanol–water partition coefficient (Wildman–Crippen LogP) is 6.19. The minimum absolute atomic E-state index is 0.0343. The molecule has 0 fully saturated rings. The largest absolute Gasteiger partial charge is 0.330 e. The molecule has 1 aliphatic heterocycles. The van der Waals surface area contributed by atoms with E-state index in [0.717, 1.165) is 22.0 Å². The van der Waals surface area contributed by atoms with Gasteiger partial charge in [0.2, 0.25) is 5.91 Å². The van der Waals surface area contributed by atoms with E-state index in [0.29, 0.717) is 17.1 Å². The molecule has 1 aromatic heterocycles. The van der Waals surface area contributed by atoms with E-state index in [1.54, 1.807) is 28.4 Å². The summed E-state index contributed by atoms with van der Waals surface area (Å²) in [5.41, 5.74) is 2.75. The Kier molecular flexibility index (Phi) is 7.03. The zero-order chi connectivity index (χ0) is 22.8. The normalized spacial score (nSPS) is 15.5. The molecule has 0 aliphatic carbocycles. The number of rotatable bonds is 5. The van der Waals surface area contributed by atoms with Gasteiger partial charge in [0.1, 0.15) is 6.54 Å². The Morgan fingerprint density at radius 1 is 1.19 bits per heavy atom. The Morgan fingerprint density at radius 2 is 1.94 bits per heavy atom. The van der Waals surface area contributed by atoms with Crippen LogP contribution in [0.5, 0.6) is 0 Å². The molecule has 32 heavy (non-hydrogen) atoms. The van der Waals surface area contributed by atoms with E-state index in [4.69, 9.17) is 11.6 Å². The number of amides is 2. The zero-order valence-corrected chi connectivity index (χ0v) is 21.1. The second-order valence-corrected chi connectivity index (χ2v) is 10.5. The molecule has 0 saturated carbocycles. The highest BCUT2D eigenvalue weighted by molar-refractivity contribution is 9.10. The Bertz CT molecular complexity index is 1130. The van der Waals surface area contributed by atoms with Crippen molar-refractivity contribution in [3.05, 3.63) is 91.0 Å². The lowest BCUT2D eigenvalue weighted by Crippen LogP contribution is -2.48. The summed E-state index contributed by atoms with van der Waals surface area (Å²) < 4.78 is 0.835. The fourth-order valence-corrected chi connectivity index (χ4v) is 5.53. The van der Waals surface area contributed by atoms with Crippen LogP contribution < -0.4 is 0 Å². The molecule has 0 saturated heterocycles. The third-order valence-corrected chi connectivity index (χ3v) is 7.48. The van der Waals surface area contributed by atoms with Crippen LogP contribution in [0.2, 0.25) is 5.02 Å². The molecule has 166 valence electrons. The zero-order valence-electron chi connectivity index (χ0n) is 17.9. The maximum atomic E-state index is 13.6. The van der Waals surface area contributed by atoms with Crippen molar-refractivity contribution in [2.45, 2.75) is 32.4 Å². The number of hydrogen-bond acceptors (Lipinski definition) is 3. The smallest absolute Gasteiger partial charge is 0.254 e. The minimum atomic E-state index is -0.176. The van der Waals surface area contributed by atoms with E-state index in [-0.39, 0.29) is 30.4 Å². The van der Waals surface area contributed by atoms with Gasteiger partial charge in [-0.05, 0) is 73.2 Å². The van der Waals surface area contributed by atoms with Crippen molar-refractivity contribution in [2.75, 3.05) is 13.1 Å². The summed E-state index contributed by atoms with van der Waals surface area (Å²) in [6.07, 6.45) is 0.823. The van der Waals surface area contributed by atoms with E-state index in [1.165, 1.54) is 4.88 Å². The Balaban J connectivity index is 1.62. The number of carbonyl (C=O) groups is 2. The van der Waals surface area contributed by atoms with Gasteiger partial charge in [0.25, 0.3) is 5.91 Å². The van der Waals surface area contributed by atoms with Crippen LogP contribution >= 0.6 is 38.9 Å². The highest BCUT2D eigenvalue weighted by Crippen LogP contribution is 2.38. The lowest BCUT2D eigenvalue weighted by molar-refractivity contribution is -0.134. The molecular formula is C25H24BrClN2O2S. The summed E-state index contributed by atoms with van der Waals surface area (Å²) >= 11 is 11.3. The topological polar surface area (TPSA) is 40.6 Å². The van der Waals surface area contributed by atoms with E-state index >= 15 is 0 Å². The first-order chi connectivity index (χ1) is 15.3. The van der Waals surface area contributed by atoms with Gasteiger partial charge in [0.15, 0.2) is 0 Å². The number of thiophene rings is 1. The first kappa shape index (κ1) is 23.0. The van der Waals surface area contributed by atoms with Gasteiger partial charge in [-0.25, -0.2) is 0 Å². The van der Waals surface area contributed by atoms with Gasteiger partial charge < -0.3 is 9.80 Å². The molecule has 0 spiro atoms. The van der Waals surface area contributed by atoms with Crippen molar-refractivity contribution in [3.8, 4) is 0 Å². The Morgan fingerprint density at radius 3 is 2.62 bits per heavy atom. The first-order valence-electron chi connectivity index (χ1n) is 10.5. The van der Waals surface area contributed by atoms with Crippen LogP contribution in [0.15, 0.2) is 64.5 Å². The van der Waals surface area contributed by atoms with Crippen LogP contribution in [0.25, 0.3) is 0 Å². The molecule has 1 atom stereocenters. The van der Waals surface area contributed by atoms with Gasteiger partial charge in [-0.1, -0.05) is 45.7 Å². The fraction of sp³-hybridized carbons (Fsp3) is 0.280. The molecule has 2 amide bonds. The summed E-state index contributed by atoms with van der Waals surface area (Å²) in [6.45, 7) is 4.53. The van der Waals surface area contributed by atoms with E-state index in [1.807, 2.05) is 55.1 Å². The highest BCUT2D eigenvalue weighted by Gasteiger charge is 2.34. The molecule has 2 aromatic carbocycles. The molecule has 0 bridgehead atoms. The summed E-state index contributed by atoms with van der Waals surface area (Å²) in [6, 6.07) is 16.8. The average Bonchev–Trinajstić information content (AvgIpc) is 3.25. The molecule has 4 nitrogen and oxygen atoms in total. The number of hydrogen-bond donors (Lipinski definition) is 0. The van der Waals surface area contributed by atoms with Gasteiger partial charge in [-0.3, -0.25) is 9.59 Å². The number of fused-ring (bicyclic) bond motifs is 1. The molecule has 4 rings (SSSR count). The molecule has 7 heteroatoms. The monoisotopic (exact) mass is 530 g/mol. The van der Waals surface area contributed by atoms with Gasteiger partial charge in [0.05, 0.1) is 6.04 Å². The van der Waals surface area contributed by atoms with Gasteiger partial charge in [0, 0.05) is 32.5 Å². The molecule has 3 aromatic rings. The SMILES string of the molecule is CC(C)N(CC(=O)N1CCc2sccc2C1c1ccc(Cl)cc1)C(=O)c1cccc(Br)c1. The summed E-state index contributed by atoms with van der Waals surface area (Å²) in [7, 11) is 0. The van der Waals surface area contributed by atoms with Crippen molar-refractivity contribution in [1.82, 2.24) is 9.80 Å². The molecule has 1 aliphatic rings. The summed E-state index contributed by atoms with van der Waals surface area (Å²) in [5.74, 6) is -0.204. The third kappa shape index (κ3) is 4.77. The maximum Gasteiger partial charge on any atom is 0.254 e.